The van der Waals surface area contributed by atoms with Gasteiger partial charge in [-0.3, -0.25) is 0 Å². The highest BCUT2D eigenvalue weighted by Crippen LogP contribution is 2.51. The third-order valence-corrected chi connectivity index (χ3v) is 2.73. The number of rotatable bonds is 5. The second-order valence-corrected chi connectivity index (χ2v) is 3.67. The van der Waals surface area contributed by atoms with Gasteiger partial charge in [-0.1, -0.05) is 6.92 Å². The zero-order valence-electron chi connectivity index (χ0n) is 9.25. The van der Waals surface area contributed by atoms with Crippen molar-refractivity contribution in [3.05, 3.63) is 0 Å². The maximum atomic E-state index is 11.6. The number of esters is 1. The molecule has 0 radical (unpaired) electrons. The Morgan fingerprint density at radius 3 is 2.50 bits per heavy atom. The number of hydrogen-bond acceptors (Lipinski definition) is 4. The van der Waals surface area contributed by atoms with Gasteiger partial charge in [-0.2, -0.15) is 0 Å². The van der Waals surface area contributed by atoms with Crippen LogP contribution in [0.1, 0.15) is 27.2 Å². The summed E-state index contributed by atoms with van der Waals surface area (Å²) in [5.41, 5.74) is -1.29. The highest BCUT2D eigenvalue weighted by atomic mass is 16.7. The summed E-state index contributed by atoms with van der Waals surface area (Å²) in [6.07, 6.45) is 0.617. The Kier molecular flexibility index (Phi) is 3.17. The lowest BCUT2D eigenvalue weighted by Crippen LogP contribution is -2.36. The molecule has 2 atom stereocenters. The predicted octanol–water partition coefficient (Wildman–Crippen LogP) is 1.13. The number of carbonyl (C=O) groups excluding carboxylic acids is 1. The molecule has 0 spiro atoms. The highest BCUT2D eigenvalue weighted by molar-refractivity contribution is 5.84. The van der Waals surface area contributed by atoms with Gasteiger partial charge in [-0.25, -0.2) is 4.79 Å². The van der Waals surface area contributed by atoms with Crippen LogP contribution in [0, 0.1) is 0 Å². The smallest absolute Gasteiger partial charge is 0.341 e. The van der Waals surface area contributed by atoms with Gasteiger partial charge in [0.15, 0.2) is 5.60 Å². The monoisotopic (exact) mass is 202 g/mol. The van der Waals surface area contributed by atoms with Crippen LogP contribution in [0.25, 0.3) is 0 Å². The molecule has 1 heterocycles. The number of methoxy groups -OCH3 is 1. The lowest BCUT2D eigenvalue weighted by molar-refractivity contribution is -0.149. The fourth-order valence-corrected chi connectivity index (χ4v) is 1.88. The van der Waals surface area contributed by atoms with Crippen LogP contribution in [0.3, 0.4) is 0 Å². The molecule has 1 aliphatic heterocycles. The maximum absolute atomic E-state index is 11.6. The Labute approximate surface area is 84.5 Å². The second kappa shape index (κ2) is 3.87. The molecule has 1 rings (SSSR count). The fourth-order valence-electron chi connectivity index (χ4n) is 1.88. The second-order valence-electron chi connectivity index (χ2n) is 3.67. The van der Waals surface area contributed by atoms with Gasteiger partial charge < -0.3 is 14.2 Å². The first-order valence-electron chi connectivity index (χ1n) is 4.92. The van der Waals surface area contributed by atoms with Crippen molar-refractivity contribution in [3.63, 3.8) is 0 Å². The van der Waals surface area contributed by atoms with E-state index in [1.807, 2.05) is 13.8 Å². The lowest BCUT2D eigenvalue weighted by atomic mass is 9.92. The van der Waals surface area contributed by atoms with Crippen LogP contribution in [0.15, 0.2) is 0 Å². The van der Waals surface area contributed by atoms with Gasteiger partial charge in [0.05, 0.1) is 13.2 Å². The van der Waals surface area contributed by atoms with Crippen LogP contribution in [0.2, 0.25) is 0 Å². The number of carbonyl (C=O) groups is 1. The van der Waals surface area contributed by atoms with Crippen molar-refractivity contribution < 1.29 is 19.0 Å². The quantitative estimate of drug-likeness (QED) is 0.495. The highest BCUT2D eigenvalue weighted by Gasteiger charge is 2.71. The van der Waals surface area contributed by atoms with Crippen molar-refractivity contribution in [2.75, 3.05) is 20.3 Å². The molecule has 1 aliphatic rings. The fraction of sp³-hybridized carbons (Fsp3) is 0.900. The topological polar surface area (TPSA) is 48.1 Å². The van der Waals surface area contributed by atoms with E-state index in [-0.39, 0.29) is 5.97 Å². The summed E-state index contributed by atoms with van der Waals surface area (Å²) in [5.74, 6) is -0.276. The minimum Gasteiger partial charge on any atom is -0.464 e. The van der Waals surface area contributed by atoms with Crippen molar-refractivity contribution in [1.29, 1.82) is 0 Å². The van der Waals surface area contributed by atoms with E-state index in [0.717, 1.165) is 0 Å². The predicted molar refractivity (Wildman–Crippen MR) is 51.0 cm³/mol. The molecule has 0 aromatic carbocycles. The molecule has 0 aromatic rings. The van der Waals surface area contributed by atoms with Gasteiger partial charge in [0.25, 0.3) is 0 Å². The van der Waals surface area contributed by atoms with E-state index < -0.39 is 11.2 Å². The molecule has 2 unspecified atom stereocenters. The molecule has 0 bridgehead atoms. The van der Waals surface area contributed by atoms with E-state index in [1.54, 1.807) is 14.0 Å². The maximum Gasteiger partial charge on any atom is 0.341 e. The molecule has 4 heteroatoms. The van der Waals surface area contributed by atoms with Crippen LogP contribution in [0.5, 0.6) is 0 Å². The van der Waals surface area contributed by atoms with Crippen LogP contribution in [0.4, 0.5) is 0 Å². The molecule has 14 heavy (non-hydrogen) atoms. The zero-order chi connectivity index (χ0) is 10.8. The average Bonchev–Trinajstić information content (AvgIpc) is 2.74. The molecular formula is C10H18O4. The van der Waals surface area contributed by atoms with E-state index in [1.165, 1.54) is 0 Å². The number of hydrogen-bond donors (Lipinski definition) is 0. The summed E-state index contributed by atoms with van der Waals surface area (Å²) >= 11 is 0. The number of ether oxygens (including phenoxy) is 3. The van der Waals surface area contributed by atoms with Crippen molar-refractivity contribution in [2.45, 2.75) is 38.4 Å². The van der Waals surface area contributed by atoms with E-state index in [9.17, 15) is 4.79 Å². The first-order valence-corrected chi connectivity index (χ1v) is 4.92. The number of epoxide rings is 1. The average molecular weight is 202 g/mol. The Morgan fingerprint density at radius 2 is 2.07 bits per heavy atom. The molecule has 1 saturated heterocycles. The zero-order valence-corrected chi connectivity index (χ0v) is 9.25. The van der Waals surface area contributed by atoms with E-state index in [2.05, 4.69) is 0 Å². The van der Waals surface area contributed by atoms with Crippen molar-refractivity contribution in [3.8, 4) is 0 Å². The summed E-state index contributed by atoms with van der Waals surface area (Å²) < 4.78 is 15.5. The molecule has 1 fully saturated rings. The van der Waals surface area contributed by atoms with Crippen molar-refractivity contribution in [1.82, 2.24) is 0 Å². The van der Waals surface area contributed by atoms with Gasteiger partial charge in [-0.15, -0.1) is 0 Å². The van der Waals surface area contributed by atoms with Crippen LogP contribution in [-0.2, 0) is 19.0 Å². The molecule has 0 saturated carbocycles. The standard InChI is InChI=1S/C10H18O4/c1-5-10(8(11)13-6-2)9(3,14-10)7-12-4/h5-7H2,1-4H3. The van der Waals surface area contributed by atoms with Gasteiger partial charge in [0, 0.05) is 7.11 Å². The summed E-state index contributed by atoms with van der Waals surface area (Å²) in [6.45, 7) is 6.37. The molecule has 0 amide bonds. The molecule has 0 aromatic heterocycles. The Morgan fingerprint density at radius 1 is 1.43 bits per heavy atom. The molecule has 0 aliphatic carbocycles. The minimum absolute atomic E-state index is 0.276. The Bertz CT molecular complexity index is 228. The molecular weight excluding hydrogens is 184 g/mol. The van der Waals surface area contributed by atoms with Crippen molar-refractivity contribution >= 4 is 5.97 Å². The van der Waals surface area contributed by atoms with E-state index in [0.29, 0.717) is 19.6 Å². The summed E-state index contributed by atoms with van der Waals surface area (Å²) in [6, 6.07) is 0. The van der Waals surface area contributed by atoms with Gasteiger partial charge in [-0.05, 0) is 20.3 Å². The van der Waals surface area contributed by atoms with Crippen molar-refractivity contribution in [2.24, 2.45) is 0 Å². The molecule has 0 N–H and O–H groups in total. The third kappa shape index (κ3) is 1.53. The Hall–Kier alpha value is -0.610. The Balaban J connectivity index is 2.68. The summed E-state index contributed by atoms with van der Waals surface area (Å²) in [7, 11) is 1.60. The first-order chi connectivity index (χ1) is 6.56. The van der Waals surface area contributed by atoms with E-state index in [4.69, 9.17) is 14.2 Å². The first kappa shape index (κ1) is 11.5. The minimum atomic E-state index is -0.779. The lowest BCUT2D eigenvalue weighted by Gasteiger charge is -2.13. The van der Waals surface area contributed by atoms with Gasteiger partial charge in [0.2, 0.25) is 0 Å². The van der Waals surface area contributed by atoms with Gasteiger partial charge in [0.1, 0.15) is 5.60 Å². The van der Waals surface area contributed by atoms with Crippen LogP contribution in [-0.4, -0.2) is 37.5 Å². The molecule has 82 valence electrons. The third-order valence-electron chi connectivity index (χ3n) is 2.73. The SMILES string of the molecule is CCOC(=O)C1(CC)OC1(C)COC. The molecule has 4 nitrogen and oxygen atoms in total. The van der Waals surface area contributed by atoms with Gasteiger partial charge >= 0.3 is 5.97 Å². The summed E-state index contributed by atoms with van der Waals surface area (Å²) in [5, 5.41) is 0. The summed E-state index contributed by atoms with van der Waals surface area (Å²) in [4.78, 5) is 11.6. The van der Waals surface area contributed by atoms with E-state index >= 15 is 0 Å². The largest absolute Gasteiger partial charge is 0.464 e. The van der Waals surface area contributed by atoms with Crippen LogP contribution < -0.4 is 0 Å². The van der Waals surface area contributed by atoms with Crippen LogP contribution >= 0.6 is 0 Å². The normalized spacial score (nSPS) is 35.4.